The van der Waals surface area contributed by atoms with Crippen LogP contribution in [0.4, 0.5) is 21.6 Å². The van der Waals surface area contributed by atoms with Crippen LogP contribution in [-0.2, 0) is 11.8 Å². The van der Waals surface area contributed by atoms with Crippen molar-refractivity contribution in [2.45, 2.75) is 19.8 Å². The zero-order valence-corrected chi connectivity index (χ0v) is 20.2. The third kappa shape index (κ3) is 3.52. The van der Waals surface area contributed by atoms with E-state index >= 15 is 4.39 Å². The standard InChI is InChI=1S/C26H26FN7O2/c1-12-17(9-31-26-24(12)29-4-5-36-26)16-6-14-7-19(30-10-18(14)23(28)22(16)27)33-25(35)21-13(2)20(21)15-8-32-34(3)11-15/h6-11,13,20-21,29H,4-5,28H2,1-3H3,(H,30,33,35)/t13-,20-,21+/m1/s1. The van der Waals surface area contributed by atoms with E-state index in [2.05, 4.69) is 32.6 Å². The van der Waals surface area contributed by atoms with Gasteiger partial charge in [-0.05, 0) is 41.5 Å². The van der Waals surface area contributed by atoms with Crippen molar-refractivity contribution in [2.75, 3.05) is 29.5 Å². The summed E-state index contributed by atoms with van der Waals surface area (Å²) < 4.78 is 22.7. The highest BCUT2D eigenvalue weighted by molar-refractivity contribution is 6.01. The maximum absolute atomic E-state index is 15.4. The molecule has 6 rings (SSSR count). The fourth-order valence-corrected chi connectivity index (χ4v) is 5.25. The van der Waals surface area contributed by atoms with Crippen molar-refractivity contribution in [1.29, 1.82) is 0 Å². The largest absolute Gasteiger partial charge is 0.474 e. The predicted molar refractivity (Wildman–Crippen MR) is 135 cm³/mol. The zero-order chi connectivity index (χ0) is 25.1. The molecule has 10 heteroatoms. The van der Waals surface area contributed by atoms with E-state index in [1.54, 1.807) is 29.2 Å². The Morgan fingerprint density at radius 2 is 2.08 bits per heavy atom. The van der Waals surface area contributed by atoms with E-state index in [1.807, 2.05) is 20.2 Å². The van der Waals surface area contributed by atoms with Gasteiger partial charge in [0, 0.05) is 60.5 Å². The van der Waals surface area contributed by atoms with Gasteiger partial charge in [0.05, 0.1) is 11.9 Å². The van der Waals surface area contributed by atoms with Gasteiger partial charge in [-0.15, -0.1) is 0 Å². The fraction of sp³-hybridized carbons (Fsp3) is 0.308. The number of anilines is 3. The van der Waals surface area contributed by atoms with Gasteiger partial charge in [0.25, 0.3) is 0 Å². The van der Waals surface area contributed by atoms with Crippen LogP contribution in [0, 0.1) is 24.6 Å². The summed E-state index contributed by atoms with van der Waals surface area (Å²) in [6, 6.07) is 3.44. The number of aryl methyl sites for hydroxylation is 1. The van der Waals surface area contributed by atoms with Crippen LogP contribution in [-0.4, -0.2) is 38.8 Å². The quantitative estimate of drug-likeness (QED) is 0.374. The molecule has 4 heterocycles. The minimum absolute atomic E-state index is 0.00154. The number of rotatable bonds is 4. The Labute approximate surface area is 206 Å². The number of nitrogens with two attached hydrogens (primary N) is 1. The molecule has 3 atom stereocenters. The van der Waals surface area contributed by atoms with Crippen LogP contribution in [0.1, 0.15) is 24.0 Å². The van der Waals surface area contributed by atoms with Crippen molar-refractivity contribution in [2.24, 2.45) is 18.9 Å². The van der Waals surface area contributed by atoms with Gasteiger partial charge in [0.1, 0.15) is 18.1 Å². The van der Waals surface area contributed by atoms with E-state index in [1.165, 1.54) is 6.20 Å². The number of hydrogen-bond acceptors (Lipinski definition) is 7. The summed E-state index contributed by atoms with van der Waals surface area (Å²) in [5, 5.41) is 11.6. The molecule has 1 saturated carbocycles. The smallest absolute Gasteiger partial charge is 0.237 e. The van der Waals surface area contributed by atoms with Gasteiger partial charge in [-0.2, -0.15) is 5.10 Å². The second-order valence-corrected chi connectivity index (χ2v) is 9.54. The van der Waals surface area contributed by atoms with Crippen LogP contribution in [0.25, 0.3) is 21.9 Å². The number of nitrogen functional groups attached to an aromatic ring is 1. The number of benzene rings is 1. The lowest BCUT2D eigenvalue weighted by molar-refractivity contribution is -0.117. The van der Waals surface area contributed by atoms with Gasteiger partial charge in [-0.3, -0.25) is 9.48 Å². The first-order valence-electron chi connectivity index (χ1n) is 11.9. The first-order valence-corrected chi connectivity index (χ1v) is 11.9. The zero-order valence-electron chi connectivity index (χ0n) is 20.2. The first-order chi connectivity index (χ1) is 17.3. The van der Waals surface area contributed by atoms with Gasteiger partial charge in [-0.1, -0.05) is 6.92 Å². The number of nitrogens with one attached hydrogen (secondary N) is 2. The van der Waals surface area contributed by atoms with E-state index in [4.69, 9.17) is 10.5 Å². The maximum atomic E-state index is 15.4. The average Bonchev–Trinajstić information content (AvgIpc) is 3.36. The van der Waals surface area contributed by atoms with E-state index in [-0.39, 0.29) is 29.3 Å². The molecule has 0 unspecified atom stereocenters. The molecule has 0 spiro atoms. The highest BCUT2D eigenvalue weighted by Crippen LogP contribution is 2.54. The summed E-state index contributed by atoms with van der Waals surface area (Å²) in [4.78, 5) is 21.7. The number of halogens is 1. The summed E-state index contributed by atoms with van der Waals surface area (Å²) >= 11 is 0. The monoisotopic (exact) mass is 487 g/mol. The number of pyridine rings is 2. The van der Waals surface area contributed by atoms with Gasteiger partial charge in [-0.25, -0.2) is 14.4 Å². The topological polar surface area (TPSA) is 120 Å². The lowest BCUT2D eigenvalue weighted by atomic mass is 9.97. The van der Waals surface area contributed by atoms with Crippen LogP contribution < -0.4 is 21.1 Å². The lowest BCUT2D eigenvalue weighted by Crippen LogP contribution is -2.20. The van der Waals surface area contributed by atoms with Gasteiger partial charge >= 0.3 is 0 Å². The van der Waals surface area contributed by atoms with Crippen LogP contribution >= 0.6 is 0 Å². The third-order valence-corrected chi connectivity index (χ3v) is 7.28. The van der Waals surface area contributed by atoms with E-state index in [0.29, 0.717) is 46.7 Å². The Balaban J connectivity index is 1.32. The number of hydrogen-bond donors (Lipinski definition) is 3. The van der Waals surface area contributed by atoms with Crippen LogP contribution in [0.3, 0.4) is 0 Å². The predicted octanol–water partition coefficient (Wildman–Crippen LogP) is 3.85. The molecule has 1 amide bonds. The molecule has 1 aliphatic carbocycles. The second-order valence-electron chi connectivity index (χ2n) is 9.54. The number of aromatic nitrogens is 4. The SMILES string of the molecule is Cc1c(-c2cc3cc(NC(=O)[C@H]4[C@H](C)[C@@H]4c4cnn(C)c4)ncc3c(N)c2F)cnc2c1NCCO2. The number of ether oxygens (including phenoxy) is 1. The van der Waals surface area contributed by atoms with Crippen molar-refractivity contribution < 1.29 is 13.9 Å². The molecule has 1 fully saturated rings. The highest BCUT2D eigenvalue weighted by atomic mass is 19.1. The number of carbonyl (C=O) groups is 1. The molecule has 184 valence electrons. The lowest BCUT2D eigenvalue weighted by Gasteiger charge is -2.22. The molecule has 1 aromatic carbocycles. The third-order valence-electron chi connectivity index (χ3n) is 7.28. The minimum Gasteiger partial charge on any atom is -0.474 e. The Morgan fingerprint density at radius 3 is 2.86 bits per heavy atom. The minimum atomic E-state index is -0.534. The van der Waals surface area contributed by atoms with E-state index < -0.39 is 5.82 Å². The van der Waals surface area contributed by atoms with Crippen molar-refractivity contribution >= 4 is 33.9 Å². The first kappa shape index (κ1) is 22.3. The normalized spacial score (nSPS) is 20.4. The van der Waals surface area contributed by atoms with E-state index in [9.17, 15) is 4.79 Å². The summed E-state index contributed by atoms with van der Waals surface area (Å²) in [6.07, 6.45) is 6.85. The Hall–Kier alpha value is -4.21. The van der Waals surface area contributed by atoms with Crippen LogP contribution in [0.15, 0.2) is 36.9 Å². The highest BCUT2D eigenvalue weighted by Gasteiger charge is 2.52. The molecule has 4 aromatic rings. The van der Waals surface area contributed by atoms with Crippen LogP contribution in [0.5, 0.6) is 5.88 Å². The molecular formula is C26H26FN7O2. The number of carbonyl (C=O) groups excluding carboxylic acids is 1. The van der Waals surface area contributed by atoms with Gasteiger partial charge in [0.2, 0.25) is 11.8 Å². The summed E-state index contributed by atoms with van der Waals surface area (Å²) in [7, 11) is 1.86. The molecule has 4 N–H and O–H groups in total. The fourth-order valence-electron chi connectivity index (χ4n) is 5.25. The number of amides is 1. The summed E-state index contributed by atoms with van der Waals surface area (Å²) in [5.41, 5.74) is 9.76. The Morgan fingerprint density at radius 1 is 1.25 bits per heavy atom. The van der Waals surface area contributed by atoms with Crippen molar-refractivity contribution in [3.8, 4) is 17.0 Å². The Kier molecular flexibility index (Phi) is 5.06. The molecule has 0 bridgehead atoms. The molecule has 0 radical (unpaired) electrons. The molecule has 36 heavy (non-hydrogen) atoms. The molecule has 3 aromatic heterocycles. The molecule has 0 saturated heterocycles. The second kappa shape index (κ2) is 8.18. The molecule has 2 aliphatic rings. The number of fused-ring (bicyclic) bond motifs is 2. The van der Waals surface area contributed by atoms with Gasteiger partial charge in [0.15, 0.2) is 5.82 Å². The summed E-state index contributed by atoms with van der Waals surface area (Å²) in [5.74, 6) is 0.455. The van der Waals surface area contributed by atoms with Gasteiger partial charge < -0.3 is 21.1 Å². The van der Waals surface area contributed by atoms with E-state index in [0.717, 1.165) is 16.8 Å². The van der Waals surface area contributed by atoms with Crippen molar-refractivity contribution in [3.63, 3.8) is 0 Å². The average molecular weight is 488 g/mol. The maximum Gasteiger partial charge on any atom is 0.237 e. The Bertz CT molecular complexity index is 1530. The number of nitrogens with zero attached hydrogens (tertiary/aromatic N) is 4. The van der Waals surface area contributed by atoms with Crippen molar-refractivity contribution in [1.82, 2.24) is 19.7 Å². The van der Waals surface area contributed by atoms with Crippen LogP contribution in [0.2, 0.25) is 0 Å². The molecule has 1 aliphatic heterocycles. The van der Waals surface area contributed by atoms with Crippen molar-refractivity contribution in [3.05, 3.63) is 53.9 Å². The summed E-state index contributed by atoms with van der Waals surface area (Å²) in [6.45, 7) is 5.13. The molecular weight excluding hydrogens is 461 g/mol. The molecule has 9 nitrogen and oxygen atoms in total.